The SMILES string of the molecule is Cc1c(C(=O)Nc2ccnc(Cl)c2)c(C)n(C)c1C(=O)C(=O)NC(C)(C)CO. The van der Waals surface area contributed by atoms with Crippen LogP contribution in [-0.2, 0) is 11.8 Å². The summed E-state index contributed by atoms with van der Waals surface area (Å²) < 4.78 is 1.51. The lowest BCUT2D eigenvalue weighted by Gasteiger charge is -2.23. The maximum atomic E-state index is 12.8. The number of pyridine rings is 1. The minimum atomic E-state index is -0.943. The van der Waals surface area contributed by atoms with Gasteiger partial charge in [0.15, 0.2) is 0 Å². The highest BCUT2D eigenvalue weighted by atomic mass is 35.5. The van der Waals surface area contributed by atoms with Gasteiger partial charge < -0.3 is 20.3 Å². The first-order valence-electron chi connectivity index (χ1n) is 8.55. The van der Waals surface area contributed by atoms with Crippen LogP contribution in [0.3, 0.4) is 0 Å². The highest BCUT2D eigenvalue weighted by Crippen LogP contribution is 2.23. The van der Waals surface area contributed by atoms with Crippen LogP contribution in [0.1, 0.15) is 46.0 Å². The standard InChI is InChI=1S/C19H23ClN4O4/c1-10-14(17(27)22-12-6-7-21-13(20)8-12)11(2)24(5)15(10)16(26)18(28)23-19(3,4)9-25/h6-8,25H,9H2,1-5H3,(H,23,28)(H,21,22,27). The van der Waals surface area contributed by atoms with Crippen LogP contribution in [0, 0.1) is 13.8 Å². The van der Waals surface area contributed by atoms with Crippen molar-refractivity contribution in [2.24, 2.45) is 7.05 Å². The lowest BCUT2D eigenvalue weighted by Crippen LogP contribution is -2.49. The van der Waals surface area contributed by atoms with Gasteiger partial charge in [-0.3, -0.25) is 14.4 Å². The van der Waals surface area contributed by atoms with Crippen LogP contribution >= 0.6 is 11.6 Å². The maximum Gasteiger partial charge on any atom is 0.294 e. The molecule has 0 aliphatic rings. The molecular weight excluding hydrogens is 384 g/mol. The summed E-state index contributed by atoms with van der Waals surface area (Å²) in [7, 11) is 1.61. The van der Waals surface area contributed by atoms with E-state index in [0.717, 1.165) is 0 Å². The number of aliphatic hydroxyl groups is 1. The number of rotatable bonds is 6. The summed E-state index contributed by atoms with van der Waals surface area (Å²) in [5.41, 5.74) is 0.853. The van der Waals surface area contributed by atoms with Crippen LogP contribution in [0.25, 0.3) is 0 Å². The highest BCUT2D eigenvalue weighted by molar-refractivity contribution is 6.43. The van der Waals surface area contributed by atoms with Crippen molar-refractivity contribution in [1.82, 2.24) is 14.9 Å². The monoisotopic (exact) mass is 406 g/mol. The predicted molar refractivity (Wildman–Crippen MR) is 106 cm³/mol. The molecule has 3 N–H and O–H groups in total. The Morgan fingerprint density at radius 1 is 1.29 bits per heavy atom. The molecule has 2 aromatic heterocycles. The number of anilines is 1. The Labute approximate surface area is 167 Å². The van der Waals surface area contributed by atoms with Gasteiger partial charge in [-0.15, -0.1) is 0 Å². The molecule has 2 heterocycles. The molecule has 0 fully saturated rings. The van der Waals surface area contributed by atoms with E-state index >= 15 is 0 Å². The number of hydrogen-bond acceptors (Lipinski definition) is 5. The molecule has 0 aromatic carbocycles. The van der Waals surface area contributed by atoms with Crippen LogP contribution < -0.4 is 10.6 Å². The molecule has 0 radical (unpaired) electrons. The molecule has 2 rings (SSSR count). The van der Waals surface area contributed by atoms with Gasteiger partial charge in [0, 0.05) is 24.6 Å². The number of nitrogens with one attached hydrogen (secondary N) is 2. The van der Waals surface area contributed by atoms with E-state index in [2.05, 4.69) is 15.6 Å². The Morgan fingerprint density at radius 2 is 1.93 bits per heavy atom. The zero-order valence-electron chi connectivity index (χ0n) is 16.4. The van der Waals surface area contributed by atoms with Crippen molar-refractivity contribution < 1.29 is 19.5 Å². The lowest BCUT2D eigenvalue weighted by atomic mass is 10.0. The zero-order valence-corrected chi connectivity index (χ0v) is 17.1. The average molecular weight is 407 g/mol. The van der Waals surface area contributed by atoms with Crippen LogP contribution in [0.15, 0.2) is 18.3 Å². The first-order chi connectivity index (χ1) is 13.0. The van der Waals surface area contributed by atoms with Crippen molar-refractivity contribution in [3.8, 4) is 0 Å². The van der Waals surface area contributed by atoms with E-state index in [1.165, 1.54) is 16.8 Å². The number of Topliss-reactive ketones (excluding diaryl/α,β-unsaturated/α-hetero) is 1. The van der Waals surface area contributed by atoms with Gasteiger partial charge in [0.2, 0.25) is 0 Å². The molecule has 9 heteroatoms. The van der Waals surface area contributed by atoms with Crippen molar-refractivity contribution in [1.29, 1.82) is 0 Å². The molecule has 0 saturated carbocycles. The summed E-state index contributed by atoms with van der Waals surface area (Å²) >= 11 is 5.83. The van der Waals surface area contributed by atoms with E-state index in [4.69, 9.17) is 11.6 Å². The minimum absolute atomic E-state index is 0.113. The molecule has 0 saturated heterocycles. The van der Waals surface area contributed by atoms with E-state index in [0.29, 0.717) is 22.5 Å². The summed E-state index contributed by atoms with van der Waals surface area (Å²) in [6.45, 7) is 6.17. The molecular formula is C19H23ClN4O4. The first-order valence-corrected chi connectivity index (χ1v) is 8.92. The number of carbonyl (C=O) groups is 3. The van der Waals surface area contributed by atoms with Gasteiger partial charge in [-0.25, -0.2) is 4.98 Å². The zero-order chi connectivity index (χ0) is 21.2. The lowest BCUT2D eigenvalue weighted by molar-refractivity contribution is -0.119. The third-order valence-corrected chi connectivity index (χ3v) is 4.62. The van der Waals surface area contributed by atoms with Gasteiger partial charge in [0.05, 0.1) is 23.4 Å². The molecule has 0 aliphatic carbocycles. The van der Waals surface area contributed by atoms with Gasteiger partial charge in [-0.1, -0.05) is 11.6 Å². The van der Waals surface area contributed by atoms with Gasteiger partial charge in [-0.2, -0.15) is 0 Å². The van der Waals surface area contributed by atoms with Crippen LogP contribution in [-0.4, -0.2) is 44.4 Å². The number of aliphatic hydroxyl groups excluding tert-OH is 1. The second kappa shape index (κ2) is 8.12. The molecule has 0 bridgehead atoms. The first kappa shape index (κ1) is 21.6. The summed E-state index contributed by atoms with van der Waals surface area (Å²) in [6.07, 6.45) is 1.46. The Bertz CT molecular complexity index is 950. The smallest absolute Gasteiger partial charge is 0.294 e. The van der Waals surface area contributed by atoms with Crippen LogP contribution in [0.4, 0.5) is 5.69 Å². The third kappa shape index (κ3) is 4.40. The van der Waals surface area contributed by atoms with E-state index in [-0.39, 0.29) is 17.5 Å². The number of ketones is 1. The Balaban J connectivity index is 2.36. The summed E-state index contributed by atoms with van der Waals surface area (Å²) in [5.74, 6) is -2.06. The highest BCUT2D eigenvalue weighted by Gasteiger charge is 2.31. The molecule has 0 atom stereocenters. The molecule has 2 amide bonds. The molecule has 2 aromatic rings. The number of hydrogen-bond donors (Lipinski definition) is 3. The number of amides is 2. The number of aromatic nitrogens is 2. The fraction of sp³-hybridized carbons (Fsp3) is 0.368. The average Bonchev–Trinajstić information content (AvgIpc) is 2.83. The van der Waals surface area contributed by atoms with Crippen molar-refractivity contribution in [3.05, 3.63) is 46.0 Å². The van der Waals surface area contributed by atoms with Crippen LogP contribution in [0.2, 0.25) is 5.15 Å². The van der Waals surface area contributed by atoms with Crippen LogP contribution in [0.5, 0.6) is 0 Å². The topological polar surface area (TPSA) is 113 Å². The normalized spacial score (nSPS) is 11.2. The number of nitrogens with zero attached hydrogens (tertiary/aromatic N) is 2. The molecule has 0 unspecified atom stereocenters. The fourth-order valence-corrected chi connectivity index (χ4v) is 2.99. The van der Waals surface area contributed by atoms with Crippen molar-refractivity contribution in [2.45, 2.75) is 33.2 Å². The van der Waals surface area contributed by atoms with E-state index in [1.807, 2.05) is 0 Å². The largest absolute Gasteiger partial charge is 0.394 e. The third-order valence-electron chi connectivity index (χ3n) is 4.41. The second-order valence-corrected chi connectivity index (χ2v) is 7.53. The second-order valence-electron chi connectivity index (χ2n) is 7.14. The Kier molecular flexibility index (Phi) is 6.26. The molecule has 0 spiro atoms. The Morgan fingerprint density at radius 3 is 2.50 bits per heavy atom. The van der Waals surface area contributed by atoms with Crippen molar-refractivity contribution >= 4 is 34.9 Å². The van der Waals surface area contributed by atoms with Gasteiger partial charge in [-0.05, 0) is 45.4 Å². The molecule has 150 valence electrons. The van der Waals surface area contributed by atoms with Gasteiger partial charge >= 0.3 is 0 Å². The van der Waals surface area contributed by atoms with E-state index < -0.39 is 23.1 Å². The van der Waals surface area contributed by atoms with Gasteiger partial charge in [0.1, 0.15) is 5.15 Å². The summed E-state index contributed by atoms with van der Waals surface area (Å²) in [4.78, 5) is 41.7. The molecule has 0 aliphatic heterocycles. The summed E-state index contributed by atoms with van der Waals surface area (Å²) in [5, 5.41) is 14.7. The molecule has 8 nitrogen and oxygen atoms in total. The quantitative estimate of drug-likeness (QED) is 0.386. The molecule has 28 heavy (non-hydrogen) atoms. The minimum Gasteiger partial charge on any atom is -0.394 e. The van der Waals surface area contributed by atoms with E-state index in [1.54, 1.807) is 40.8 Å². The van der Waals surface area contributed by atoms with Crippen molar-refractivity contribution in [2.75, 3.05) is 11.9 Å². The predicted octanol–water partition coefficient (Wildman–Crippen LogP) is 2.01. The maximum absolute atomic E-state index is 12.8. The number of halogens is 1. The van der Waals surface area contributed by atoms with E-state index in [9.17, 15) is 19.5 Å². The summed E-state index contributed by atoms with van der Waals surface area (Å²) in [6, 6.07) is 3.09. The Hall–Kier alpha value is -2.71. The van der Waals surface area contributed by atoms with Crippen molar-refractivity contribution in [3.63, 3.8) is 0 Å². The number of carbonyl (C=O) groups excluding carboxylic acids is 3. The van der Waals surface area contributed by atoms with Gasteiger partial charge in [0.25, 0.3) is 17.6 Å². The fourth-order valence-electron chi connectivity index (χ4n) is 2.82.